The molecule has 0 bridgehead atoms. The van der Waals surface area contributed by atoms with Crippen molar-refractivity contribution in [2.45, 2.75) is 58.7 Å². The summed E-state index contributed by atoms with van der Waals surface area (Å²) in [6.07, 6.45) is 2.01. The molecule has 1 aliphatic carbocycles. The molecule has 6 heteroatoms. The van der Waals surface area contributed by atoms with E-state index in [9.17, 15) is 4.79 Å². The van der Waals surface area contributed by atoms with Gasteiger partial charge in [0.1, 0.15) is 11.6 Å². The predicted octanol–water partition coefficient (Wildman–Crippen LogP) is 2.92. The average Bonchev–Trinajstić information content (AvgIpc) is 3.16. The molecule has 132 valence electrons. The van der Waals surface area contributed by atoms with Crippen LogP contribution >= 0.6 is 0 Å². The first-order valence-electron chi connectivity index (χ1n) is 9.09. The fraction of sp³-hybridized carbons (Fsp3) is 0.526. The summed E-state index contributed by atoms with van der Waals surface area (Å²) in [6, 6.07) is 6.83. The standard InChI is InChI=1S/C19H25N5O/c1-12(2)15-5-4-14-6-7-17(16(14)10-15)21-19(25)23-8-9-24-18(11-23)20-13(3)22-24/h4-5,10,12,17H,6-9,11H2,1-3H3,(H,21,25)/t17-/m0/s1. The third-order valence-corrected chi connectivity index (χ3v) is 5.27. The maximum absolute atomic E-state index is 12.8. The van der Waals surface area contributed by atoms with Gasteiger partial charge in [0.2, 0.25) is 0 Å². The number of aryl methyl sites for hydroxylation is 2. The van der Waals surface area contributed by atoms with Crippen molar-refractivity contribution in [3.63, 3.8) is 0 Å². The maximum atomic E-state index is 12.8. The second-order valence-electron chi connectivity index (χ2n) is 7.37. The van der Waals surface area contributed by atoms with Crippen LogP contribution in [0.5, 0.6) is 0 Å². The number of nitrogens with zero attached hydrogens (tertiary/aromatic N) is 4. The molecule has 6 nitrogen and oxygen atoms in total. The van der Waals surface area contributed by atoms with E-state index < -0.39 is 0 Å². The molecule has 2 aliphatic rings. The lowest BCUT2D eigenvalue weighted by Gasteiger charge is -2.28. The normalized spacial score (nSPS) is 19.0. The Kier molecular flexibility index (Phi) is 3.98. The van der Waals surface area contributed by atoms with Crippen molar-refractivity contribution in [3.8, 4) is 0 Å². The number of fused-ring (bicyclic) bond motifs is 2. The summed E-state index contributed by atoms with van der Waals surface area (Å²) < 4.78 is 1.90. The highest BCUT2D eigenvalue weighted by Gasteiger charge is 2.28. The molecule has 2 amide bonds. The lowest BCUT2D eigenvalue weighted by Crippen LogP contribution is -2.45. The molecule has 0 radical (unpaired) electrons. The third-order valence-electron chi connectivity index (χ3n) is 5.27. The molecule has 1 aromatic heterocycles. The first-order chi connectivity index (χ1) is 12.0. The molecule has 1 N–H and O–H groups in total. The summed E-state index contributed by atoms with van der Waals surface area (Å²) in [5.41, 5.74) is 3.99. The fourth-order valence-corrected chi connectivity index (χ4v) is 3.80. The number of hydrogen-bond acceptors (Lipinski definition) is 3. The van der Waals surface area contributed by atoms with Gasteiger partial charge in [-0.05, 0) is 42.4 Å². The number of carbonyl (C=O) groups is 1. The van der Waals surface area contributed by atoms with Gasteiger partial charge < -0.3 is 10.2 Å². The van der Waals surface area contributed by atoms with Crippen LogP contribution in [0.4, 0.5) is 4.79 Å². The van der Waals surface area contributed by atoms with Crippen molar-refractivity contribution < 1.29 is 4.79 Å². The first kappa shape index (κ1) is 16.1. The minimum atomic E-state index is -0.000275. The molecule has 4 rings (SSSR count). The lowest BCUT2D eigenvalue weighted by atomic mass is 9.97. The minimum Gasteiger partial charge on any atom is -0.331 e. The molecule has 2 aromatic rings. The second-order valence-corrected chi connectivity index (χ2v) is 7.37. The Bertz CT molecular complexity index is 810. The number of aromatic nitrogens is 3. The van der Waals surface area contributed by atoms with Crippen molar-refractivity contribution in [1.29, 1.82) is 0 Å². The van der Waals surface area contributed by atoms with E-state index in [0.717, 1.165) is 24.5 Å². The SMILES string of the molecule is Cc1nc2n(n1)CCN(C(=O)N[C@H]1CCc3ccc(C(C)C)cc31)C2. The van der Waals surface area contributed by atoms with E-state index in [1.54, 1.807) is 0 Å². The number of amides is 2. The Morgan fingerprint density at radius 2 is 2.16 bits per heavy atom. The van der Waals surface area contributed by atoms with E-state index >= 15 is 0 Å². The second kappa shape index (κ2) is 6.17. The number of hydrogen-bond donors (Lipinski definition) is 1. The Morgan fingerprint density at radius 1 is 1.32 bits per heavy atom. The molecule has 25 heavy (non-hydrogen) atoms. The summed E-state index contributed by atoms with van der Waals surface area (Å²) in [5.74, 6) is 2.13. The van der Waals surface area contributed by atoms with Crippen molar-refractivity contribution in [1.82, 2.24) is 25.0 Å². The highest BCUT2D eigenvalue weighted by molar-refractivity contribution is 5.75. The zero-order valence-electron chi connectivity index (χ0n) is 15.1. The molecule has 0 saturated carbocycles. The van der Waals surface area contributed by atoms with Gasteiger partial charge in [0.05, 0.1) is 19.1 Å². The van der Waals surface area contributed by atoms with Crippen LogP contribution in [0.3, 0.4) is 0 Å². The Hall–Kier alpha value is -2.37. The quantitative estimate of drug-likeness (QED) is 0.915. The first-order valence-corrected chi connectivity index (χ1v) is 9.09. The molecular weight excluding hydrogens is 314 g/mol. The predicted molar refractivity (Wildman–Crippen MR) is 95.3 cm³/mol. The zero-order valence-corrected chi connectivity index (χ0v) is 15.1. The van der Waals surface area contributed by atoms with Gasteiger partial charge in [-0.15, -0.1) is 0 Å². The third kappa shape index (κ3) is 3.01. The number of urea groups is 1. The summed E-state index contributed by atoms with van der Waals surface area (Å²) in [7, 11) is 0. The van der Waals surface area contributed by atoms with E-state index in [4.69, 9.17) is 0 Å². The maximum Gasteiger partial charge on any atom is 0.318 e. The van der Waals surface area contributed by atoms with Gasteiger partial charge in [0, 0.05) is 6.54 Å². The highest BCUT2D eigenvalue weighted by Crippen LogP contribution is 2.33. The van der Waals surface area contributed by atoms with Crippen molar-refractivity contribution in [2.75, 3.05) is 6.54 Å². The molecule has 0 saturated heterocycles. The van der Waals surface area contributed by atoms with Gasteiger partial charge in [-0.1, -0.05) is 32.0 Å². The number of benzene rings is 1. The van der Waals surface area contributed by atoms with Gasteiger partial charge in [-0.3, -0.25) is 0 Å². The molecular formula is C19H25N5O. The zero-order chi connectivity index (χ0) is 17.6. The molecule has 1 aliphatic heterocycles. The average molecular weight is 339 g/mol. The highest BCUT2D eigenvalue weighted by atomic mass is 16.2. The molecule has 1 atom stereocenters. The van der Waals surface area contributed by atoms with Gasteiger partial charge in [0.25, 0.3) is 0 Å². The Labute approximate surface area is 148 Å². The minimum absolute atomic E-state index is 0.000275. The van der Waals surface area contributed by atoms with E-state index in [1.165, 1.54) is 16.7 Å². The van der Waals surface area contributed by atoms with Crippen LogP contribution in [-0.4, -0.2) is 32.2 Å². The van der Waals surface area contributed by atoms with E-state index in [0.29, 0.717) is 25.6 Å². The largest absolute Gasteiger partial charge is 0.331 e. The topological polar surface area (TPSA) is 63.1 Å². The molecule has 1 aromatic carbocycles. The van der Waals surface area contributed by atoms with Gasteiger partial charge in [-0.2, -0.15) is 5.10 Å². The number of carbonyl (C=O) groups excluding carboxylic acids is 1. The van der Waals surface area contributed by atoms with Gasteiger partial charge >= 0.3 is 6.03 Å². The fourth-order valence-electron chi connectivity index (χ4n) is 3.80. The lowest BCUT2D eigenvalue weighted by molar-refractivity contribution is 0.176. The van der Waals surface area contributed by atoms with Crippen LogP contribution in [0, 0.1) is 6.92 Å². The summed E-state index contributed by atoms with van der Waals surface area (Å²) in [6.45, 7) is 8.21. The van der Waals surface area contributed by atoms with Crippen molar-refractivity contribution in [3.05, 3.63) is 46.5 Å². The van der Waals surface area contributed by atoms with Crippen molar-refractivity contribution >= 4 is 6.03 Å². The number of nitrogens with one attached hydrogen (secondary N) is 1. The molecule has 0 unspecified atom stereocenters. The van der Waals surface area contributed by atoms with E-state index in [-0.39, 0.29) is 12.1 Å². The van der Waals surface area contributed by atoms with Crippen LogP contribution in [0.25, 0.3) is 0 Å². The summed E-state index contributed by atoms with van der Waals surface area (Å²) >= 11 is 0. The number of rotatable bonds is 2. The van der Waals surface area contributed by atoms with Crippen LogP contribution in [0.2, 0.25) is 0 Å². The summed E-state index contributed by atoms with van der Waals surface area (Å²) in [5, 5.41) is 7.59. The molecule has 0 fully saturated rings. The monoisotopic (exact) mass is 339 g/mol. The van der Waals surface area contributed by atoms with Crippen LogP contribution in [0.15, 0.2) is 18.2 Å². The van der Waals surface area contributed by atoms with Gasteiger partial charge in [0.15, 0.2) is 0 Å². The summed E-state index contributed by atoms with van der Waals surface area (Å²) in [4.78, 5) is 19.0. The van der Waals surface area contributed by atoms with Crippen LogP contribution in [-0.2, 0) is 19.5 Å². The van der Waals surface area contributed by atoms with Crippen LogP contribution in [0.1, 0.15) is 60.6 Å². The smallest absolute Gasteiger partial charge is 0.318 e. The van der Waals surface area contributed by atoms with Gasteiger partial charge in [-0.25, -0.2) is 14.5 Å². The van der Waals surface area contributed by atoms with Crippen LogP contribution < -0.4 is 5.32 Å². The molecule has 2 heterocycles. The Morgan fingerprint density at radius 3 is 2.96 bits per heavy atom. The van der Waals surface area contributed by atoms with E-state index in [2.05, 4.69) is 47.4 Å². The van der Waals surface area contributed by atoms with Crippen molar-refractivity contribution in [2.24, 2.45) is 0 Å². The Balaban J connectivity index is 1.47. The molecule has 0 spiro atoms. The van der Waals surface area contributed by atoms with E-state index in [1.807, 2.05) is 16.5 Å².